The lowest BCUT2D eigenvalue weighted by Crippen LogP contribution is -2.27. The number of aryl methyl sites for hydroxylation is 1. The molecule has 1 heterocycles. The van der Waals surface area contributed by atoms with Gasteiger partial charge in [0.2, 0.25) is 0 Å². The molecule has 0 radical (unpaired) electrons. The molecular weight excluding hydrogens is 450 g/mol. The van der Waals surface area contributed by atoms with Gasteiger partial charge in [0.25, 0.3) is 5.91 Å². The molecule has 4 rings (SSSR count). The molecule has 1 amide bonds. The minimum absolute atomic E-state index is 0.0529. The van der Waals surface area contributed by atoms with Crippen LogP contribution < -0.4 is 9.47 Å². The zero-order valence-corrected chi connectivity index (χ0v) is 20.0. The zero-order valence-electron chi connectivity index (χ0n) is 18.4. The average Bonchev–Trinajstić information content (AvgIpc) is 3.09. The molecule has 1 aliphatic rings. The average molecular weight is 476 g/mol. The molecule has 0 N–H and O–H groups in total. The number of hydrogen-bond donors (Lipinski definition) is 0. The molecule has 0 bridgehead atoms. The second-order valence-corrected chi connectivity index (χ2v) is 9.31. The highest BCUT2D eigenvalue weighted by Gasteiger charge is 2.31. The highest BCUT2D eigenvalue weighted by atomic mass is 32.2. The van der Waals surface area contributed by atoms with Crippen LogP contribution in [0, 0.1) is 6.92 Å². The van der Waals surface area contributed by atoms with Crippen molar-refractivity contribution in [2.75, 3.05) is 13.2 Å². The van der Waals surface area contributed by atoms with Gasteiger partial charge in [0, 0.05) is 6.42 Å². The van der Waals surface area contributed by atoms with Crippen LogP contribution in [-0.2, 0) is 11.3 Å². The summed E-state index contributed by atoms with van der Waals surface area (Å²) in [7, 11) is 0. The number of thioether (sulfide) groups is 1. The fourth-order valence-corrected chi connectivity index (χ4v) is 4.62. The van der Waals surface area contributed by atoms with Crippen molar-refractivity contribution in [3.63, 3.8) is 0 Å². The number of carbonyl (C=O) groups is 1. The highest BCUT2D eigenvalue weighted by molar-refractivity contribution is 8.26. The summed E-state index contributed by atoms with van der Waals surface area (Å²) in [6.45, 7) is 3.70. The van der Waals surface area contributed by atoms with Gasteiger partial charge in [0.05, 0.1) is 24.7 Å². The smallest absolute Gasteiger partial charge is 0.266 e. The van der Waals surface area contributed by atoms with E-state index in [0.717, 1.165) is 34.6 Å². The zero-order chi connectivity index (χ0) is 23.0. The number of benzene rings is 3. The Morgan fingerprint density at radius 3 is 2.36 bits per heavy atom. The number of carbonyl (C=O) groups excluding carboxylic acids is 1. The van der Waals surface area contributed by atoms with E-state index in [-0.39, 0.29) is 5.91 Å². The van der Waals surface area contributed by atoms with Crippen molar-refractivity contribution < 1.29 is 14.3 Å². The molecule has 0 saturated carbocycles. The Balaban J connectivity index is 1.27. The molecule has 0 spiro atoms. The van der Waals surface area contributed by atoms with Crippen molar-refractivity contribution >= 4 is 40.3 Å². The van der Waals surface area contributed by atoms with Crippen LogP contribution in [0.3, 0.4) is 0 Å². The SMILES string of the molecule is Cc1ccccc1OCCCOc1ccc(/C=C2/SC(=S)N(Cc3ccccc3)C2=O)cc1. The normalized spacial score (nSPS) is 14.7. The monoisotopic (exact) mass is 475 g/mol. The third-order valence-electron chi connectivity index (χ3n) is 5.14. The molecule has 0 aliphatic carbocycles. The number of ether oxygens (including phenoxy) is 2. The summed E-state index contributed by atoms with van der Waals surface area (Å²) >= 11 is 6.78. The second-order valence-electron chi connectivity index (χ2n) is 7.64. The van der Waals surface area contributed by atoms with Gasteiger partial charge in [-0.25, -0.2) is 0 Å². The first-order chi connectivity index (χ1) is 16.1. The minimum atomic E-state index is -0.0529. The molecule has 6 heteroatoms. The molecule has 1 aliphatic heterocycles. The Kier molecular flexibility index (Phi) is 7.81. The topological polar surface area (TPSA) is 38.8 Å². The molecule has 3 aromatic rings. The number of hydrogen-bond acceptors (Lipinski definition) is 5. The Morgan fingerprint density at radius 1 is 0.909 bits per heavy atom. The van der Waals surface area contributed by atoms with Gasteiger partial charge in [-0.15, -0.1) is 0 Å². The Morgan fingerprint density at radius 2 is 1.61 bits per heavy atom. The molecule has 0 unspecified atom stereocenters. The molecule has 1 saturated heterocycles. The highest BCUT2D eigenvalue weighted by Crippen LogP contribution is 2.33. The van der Waals surface area contributed by atoms with Crippen molar-refractivity contribution in [2.45, 2.75) is 19.9 Å². The lowest BCUT2D eigenvalue weighted by atomic mass is 10.2. The van der Waals surface area contributed by atoms with Gasteiger partial charge in [-0.2, -0.15) is 0 Å². The van der Waals surface area contributed by atoms with E-state index < -0.39 is 0 Å². The predicted octanol–water partition coefficient (Wildman–Crippen LogP) is 6.24. The van der Waals surface area contributed by atoms with E-state index >= 15 is 0 Å². The third kappa shape index (κ3) is 6.24. The quantitative estimate of drug-likeness (QED) is 0.208. The number of nitrogens with zero attached hydrogens (tertiary/aromatic N) is 1. The number of thiocarbonyl (C=S) groups is 1. The van der Waals surface area contributed by atoms with Crippen LogP contribution in [0.25, 0.3) is 6.08 Å². The van der Waals surface area contributed by atoms with Crippen LogP contribution in [0.4, 0.5) is 0 Å². The number of amides is 1. The van der Waals surface area contributed by atoms with Crippen LogP contribution in [0.2, 0.25) is 0 Å². The van der Waals surface area contributed by atoms with Crippen LogP contribution >= 0.6 is 24.0 Å². The fourth-order valence-electron chi connectivity index (χ4n) is 3.36. The minimum Gasteiger partial charge on any atom is -0.493 e. The maximum Gasteiger partial charge on any atom is 0.266 e. The van der Waals surface area contributed by atoms with Crippen LogP contribution in [0.15, 0.2) is 83.8 Å². The maximum absolute atomic E-state index is 12.8. The third-order valence-corrected chi connectivity index (χ3v) is 6.52. The van der Waals surface area contributed by atoms with Crippen LogP contribution in [-0.4, -0.2) is 28.3 Å². The van der Waals surface area contributed by atoms with Gasteiger partial charge in [0.15, 0.2) is 0 Å². The fraction of sp³-hybridized carbons (Fsp3) is 0.185. The van der Waals surface area contributed by atoms with Crippen LogP contribution in [0.5, 0.6) is 11.5 Å². The number of rotatable bonds is 9. The Hall–Kier alpha value is -3.09. The van der Waals surface area contributed by atoms with E-state index in [9.17, 15) is 4.79 Å². The van der Waals surface area contributed by atoms with Crippen molar-refractivity contribution in [1.29, 1.82) is 0 Å². The molecule has 168 valence electrons. The predicted molar refractivity (Wildman–Crippen MR) is 138 cm³/mol. The standard InChI is InChI=1S/C27H25NO3S2/c1-20-8-5-6-11-24(20)31-17-7-16-30-23-14-12-21(13-15-23)18-25-26(29)28(27(32)33-25)19-22-9-3-2-4-10-22/h2-6,8-15,18H,7,16-17,19H2,1H3/b25-18+. The van der Waals surface area contributed by atoms with Gasteiger partial charge in [-0.1, -0.05) is 84.6 Å². The van der Waals surface area contributed by atoms with Gasteiger partial charge in [0.1, 0.15) is 15.8 Å². The lowest BCUT2D eigenvalue weighted by Gasteiger charge is -2.14. The summed E-state index contributed by atoms with van der Waals surface area (Å²) < 4.78 is 12.2. The van der Waals surface area contributed by atoms with Crippen molar-refractivity contribution in [3.8, 4) is 11.5 Å². The molecule has 1 fully saturated rings. The van der Waals surface area contributed by atoms with Gasteiger partial charge in [-0.3, -0.25) is 9.69 Å². The van der Waals surface area contributed by atoms with Gasteiger partial charge in [-0.05, 0) is 47.9 Å². The first-order valence-corrected chi connectivity index (χ1v) is 12.0. The van der Waals surface area contributed by atoms with Crippen molar-refractivity contribution in [2.24, 2.45) is 0 Å². The Labute approximate surface area is 204 Å². The van der Waals surface area contributed by atoms with Crippen molar-refractivity contribution in [1.82, 2.24) is 4.90 Å². The van der Waals surface area contributed by atoms with E-state index in [1.807, 2.05) is 91.9 Å². The van der Waals surface area contributed by atoms with E-state index in [2.05, 4.69) is 0 Å². The van der Waals surface area contributed by atoms with E-state index in [4.69, 9.17) is 21.7 Å². The molecule has 3 aromatic carbocycles. The van der Waals surface area contributed by atoms with E-state index in [1.54, 1.807) is 4.90 Å². The molecular formula is C27H25NO3S2. The summed E-state index contributed by atoms with van der Waals surface area (Å²) in [5.74, 6) is 1.65. The lowest BCUT2D eigenvalue weighted by molar-refractivity contribution is -0.122. The summed E-state index contributed by atoms with van der Waals surface area (Å²) in [5, 5.41) is 0. The number of para-hydroxylation sites is 1. The first kappa shape index (κ1) is 23.1. The van der Waals surface area contributed by atoms with Crippen LogP contribution in [0.1, 0.15) is 23.1 Å². The van der Waals surface area contributed by atoms with Crippen molar-refractivity contribution in [3.05, 3.63) is 100 Å². The molecule has 4 nitrogen and oxygen atoms in total. The summed E-state index contributed by atoms with van der Waals surface area (Å²) in [6, 6.07) is 25.6. The largest absolute Gasteiger partial charge is 0.493 e. The first-order valence-electron chi connectivity index (χ1n) is 10.8. The summed E-state index contributed by atoms with van der Waals surface area (Å²) in [4.78, 5) is 15.1. The summed E-state index contributed by atoms with van der Waals surface area (Å²) in [5.41, 5.74) is 3.12. The van der Waals surface area contributed by atoms with Gasteiger partial charge < -0.3 is 9.47 Å². The Bertz CT molecular complexity index is 1140. The molecule has 0 aromatic heterocycles. The molecule has 0 atom stereocenters. The maximum atomic E-state index is 12.8. The second kappa shape index (κ2) is 11.2. The van der Waals surface area contributed by atoms with E-state index in [1.165, 1.54) is 11.8 Å². The summed E-state index contributed by atoms with van der Waals surface area (Å²) in [6.07, 6.45) is 2.67. The van der Waals surface area contributed by atoms with E-state index in [0.29, 0.717) is 29.0 Å². The molecule has 33 heavy (non-hydrogen) atoms. The van der Waals surface area contributed by atoms with Gasteiger partial charge >= 0.3 is 0 Å².